The lowest BCUT2D eigenvalue weighted by Gasteiger charge is -2.08. The number of nitrogens with zero attached hydrogens (tertiary/aromatic N) is 1. The number of pyridine rings is 1. The maximum absolute atomic E-state index is 11.8. The molecule has 1 rings (SSSR count). The van der Waals surface area contributed by atoms with Gasteiger partial charge in [-0.15, -0.1) is 12.4 Å². The molecule has 92 valence electrons. The van der Waals surface area contributed by atoms with Crippen molar-refractivity contribution < 1.29 is 17.9 Å². The van der Waals surface area contributed by atoms with Crippen LogP contribution in [0.15, 0.2) is 18.3 Å². The van der Waals surface area contributed by atoms with Gasteiger partial charge in [-0.3, -0.25) is 0 Å². The number of halogens is 4. The molecule has 1 aromatic heterocycles. The van der Waals surface area contributed by atoms with Gasteiger partial charge in [-0.2, -0.15) is 13.2 Å². The number of aromatic nitrogens is 1. The molecule has 0 fully saturated rings. The summed E-state index contributed by atoms with van der Waals surface area (Å²) in [7, 11) is 0. The minimum atomic E-state index is -4.20. The average Bonchev–Trinajstić information content (AvgIpc) is 2.16. The Morgan fingerprint density at radius 3 is 2.62 bits per heavy atom. The first-order valence-electron chi connectivity index (χ1n) is 4.36. The highest BCUT2D eigenvalue weighted by Gasteiger charge is 2.26. The molecular formula is C9H12ClF3N2O. The van der Waals surface area contributed by atoms with Crippen LogP contribution < -0.4 is 10.5 Å². The standard InChI is InChI=1S/C9H11F3N2O.ClH/c10-9(11,12)2-4-15-8-5-7(6-13)1-3-14-8;/h1,3,5H,2,4,6,13H2;1H. The Balaban J connectivity index is 0.00000225. The molecule has 0 saturated heterocycles. The molecule has 2 N–H and O–H groups in total. The molecule has 0 saturated carbocycles. The van der Waals surface area contributed by atoms with Crippen LogP contribution in [0.2, 0.25) is 0 Å². The van der Waals surface area contributed by atoms with Crippen LogP contribution >= 0.6 is 12.4 Å². The van der Waals surface area contributed by atoms with Gasteiger partial charge in [0.2, 0.25) is 5.88 Å². The number of ether oxygens (including phenoxy) is 1. The Bertz CT molecular complexity index is 320. The van der Waals surface area contributed by atoms with E-state index in [1.165, 1.54) is 12.3 Å². The fourth-order valence-corrected chi connectivity index (χ4v) is 0.928. The largest absolute Gasteiger partial charge is 0.477 e. The van der Waals surface area contributed by atoms with Gasteiger partial charge in [0.15, 0.2) is 0 Å². The van der Waals surface area contributed by atoms with E-state index < -0.39 is 19.2 Å². The molecule has 1 aromatic rings. The average molecular weight is 257 g/mol. The molecular weight excluding hydrogens is 245 g/mol. The number of hydrogen-bond acceptors (Lipinski definition) is 3. The molecule has 0 atom stereocenters. The third-order valence-corrected chi connectivity index (χ3v) is 1.67. The monoisotopic (exact) mass is 256 g/mol. The van der Waals surface area contributed by atoms with Crippen molar-refractivity contribution in [1.29, 1.82) is 0 Å². The number of alkyl halides is 3. The van der Waals surface area contributed by atoms with Gasteiger partial charge in [0.05, 0.1) is 13.0 Å². The van der Waals surface area contributed by atoms with Gasteiger partial charge in [-0.05, 0) is 11.6 Å². The molecule has 0 bridgehead atoms. The lowest BCUT2D eigenvalue weighted by Crippen LogP contribution is -2.13. The van der Waals surface area contributed by atoms with E-state index in [4.69, 9.17) is 10.5 Å². The Morgan fingerprint density at radius 1 is 1.38 bits per heavy atom. The van der Waals surface area contributed by atoms with Crippen molar-refractivity contribution in [2.45, 2.75) is 19.1 Å². The summed E-state index contributed by atoms with van der Waals surface area (Å²) in [5, 5.41) is 0. The van der Waals surface area contributed by atoms with Crippen molar-refractivity contribution in [3.05, 3.63) is 23.9 Å². The van der Waals surface area contributed by atoms with Crippen LogP contribution in [-0.2, 0) is 6.54 Å². The third-order valence-electron chi connectivity index (χ3n) is 1.67. The summed E-state index contributed by atoms with van der Waals surface area (Å²) in [5.74, 6) is 0.169. The van der Waals surface area contributed by atoms with Crippen LogP contribution in [0.3, 0.4) is 0 Å². The van der Waals surface area contributed by atoms with Crippen LogP contribution in [0.1, 0.15) is 12.0 Å². The Hall–Kier alpha value is -1.01. The topological polar surface area (TPSA) is 48.1 Å². The van der Waals surface area contributed by atoms with Gasteiger partial charge >= 0.3 is 6.18 Å². The summed E-state index contributed by atoms with van der Waals surface area (Å²) in [6.07, 6.45) is -3.74. The van der Waals surface area contributed by atoms with Crippen molar-refractivity contribution in [1.82, 2.24) is 4.98 Å². The minimum Gasteiger partial charge on any atom is -0.477 e. The highest BCUT2D eigenvalue weighted by molar-refractivity contribution is 5.85. The first-order valence-corrected chi connectivity index (χ1v) is 4.36. The Labute approximate surface area is 97.2 Å². The summed E-state index contributed by atoms with van der Waals surface area (Å²) in [4.78, 5) is 3.76. The second kappa shape index (κ2) is 6.55. The van der Waals surface area contributed by atoms with Gasteiger partial charge in [0.1, 0.15) is 0 Å². The predicted molar refractivity (Wildman–Crippen MR) is 55.5 cm³/mol. The molecule has 3 nitrogen and oxygen atoms in total. The van der Waals surface area contributed by atoms with Crippen LogP contribution in [0.25, 0.3) is 0 Å². The lowest BCUT2D eigenvalue weighted by molar-refractivity contribution is -0.139. The molecule has 0 unspecified atom stereocenters. The third kappa shape index (κ3) is 5.77. The summed E-state index contributed by atoms with van der Waals surface area (Å²) in [5.41, 5.74) is 6.12. The summed E-state index contributed by atoms with van der Waals surface area (Å²) >= 11 is 0. The molecule has 7 heteroatoms. The number of nitrogens with two attached hydrogens (primary N) is 1. The van der Waals surface area contributed by atoms with Crippen molar-refractivity contribution in [2.24, 2.45) is 5.73 Å². The van der Waals surface area contributed by atoms with Crippen molar-refractivity contribution in [3.8, 4) is 5.88 Å². The van der Waals surface area contributed by atoms with E-state index in [-0.39, 0.29) is 18.3 Å². The molecule has 0 aliphatic heterocycles. The van der Waals surface area contributed by atoms with Crippen LogP contribution in [-0.4, -0.2) is 17.8 Å². The number of hydrogen-bond donors (Lipinski definition) is 1. The highest BCUT2D eigenvalue weighted by atomic mass is 35.5. The molecule has 0 aromatic carbocycles. The summed E-state index contributed by atoms with van der Waals surface area (Å²) in [6, 6.07) is 3.20. The number of rotatable bonds is 4. The quantitative estimate of drug-likeness (QED) is 0.899. The fraction of sp³-hybridized carbons (Fsp3) is 0.444. The van der Waals surface area contributed by atoms with E-state index in [1.807, 2.05) is 0 Å². The Kier molecular flexibility index (Phi) is 6.13. The van der Waals surface area contributed by atoms with E-state index >= 15 is 0 Å². The van der Waals surface area contributed by atoms with Gasteiger partial charge in [-0.1, -0.05) is 0 Å². The van der Waals surface area contributed by atoms with Crippen molar-refractivity contribution in [2.75, 3.05) is 6.61 Å². The molecule has 1 heterocycles. The summed E-state index contributed by atoms with van der Waals surface area (Å²) < 4.78 is 40.2. The first-order chi connectivity index (χ1) is 7.01. The fourth-order valence-electron chi connectivity index (χ4n) is 0.928. The molecule has 0 aliphatic carbocycles. The zero-order valence-corrected chi connectivity index (χ0v) is 9.14. The molecule has 0 amide bonds. The Morgan fingerprint density at radius 2 is 2.06 bits per heavy atom. The highest BCUT2D eigenvalue weighted by Crippen LogP contribution is 2.19. The second-order valence-corrected chi connectivity index (χ2v) is 2.92. The van der Waals surface area contributed by atoms with Crippen molar-refractivity contribution >= 4 is 12.4 Å². The van der Waals surface area contributed by atoms with Gasteiger partial charge in [0, 0.05) is 18.8 Å². The first kappa shape index (κ1) is 15.0. The van der Waals surface area contributed by atoms with E-state index in [2.05, 4.69) is 4.98 Å². The van der Waals surface area contributed by atoms with Crippen LogP contribution in [0.5, 0.6) is 5.88 Å². The maximum Gasteiger partial charge on any atom is 0.392 e. The normalized spacial score (nSPS) is 10.8. The summed E-state index contributed by atoms with van der Waals surface area (Å²) in [6.45, 7) is -0.122. The van der Waals surface area contributed by atoms with Gasteiger partial charge < -0.3 is 10.5 Å². The van der Waals surface area contributed by atoms with Gasteiger partial charge in [0.25, 0.3) is 0 Å². The van der Waals surface area contributed by atoms with E-state index in [0.29, 0.717) is 6.54 Å². The zero-order chi connectivity index (χ0) is 11.3. The van der Waals surface area contributed by atoms with E-state index in [1.54, 1.807) is 6.07 Å². The smallest absolute Gasteiger partial charge is 0.392 e. The molecule has 0 aliphatic rings. The van der Waals surface area contributed by atoms with E-state index in [9.17, 15) is 13.2 Å². The SMILES string of the molecule is Cl.NCc1ccnc(OCCC(F)(F)F)c1. The van der Waals surface area contributed by atoms with Crippen molar-refractivity contribution in [3.63, 3.8) is 0 Å². The van der Waals surface area contributed by atoms with E-state index in [0.717, 1.165) is 5.56 Å². The molecule has 16 heavy (non-hydrogen) atoms. The predicted octanol–water partition coefficient (Wildman–Crippen LogP) is 2.29. The maximum atomic E-state index is 11.8. The lowest BCUT2D eigenvalue weighted by atomic mass is 10.3. The second-order valence-electron chi connectivity index (χ2n) is 2.92. The van der Waals surface area contributed by atoms with Crippen LogP contribution in [0, 0.1) is 0 Å². The zero-order valence-electron chi connectivity index (χ0n) is 8.33. The minimum absolute atomic E-state index is 0. The van der Waals surface area contributed by atoms with Gasteiger partial charge in [-0.25, -0.2) is 4.98 Å². The molecule has 0 spiro atoms. The van der Waals surface area contributed by atoms with Crippen LogP contribution in [0.4, 0.5) is 13.2 Å². The molecule has 0 radical (unpaired) electrons.